The van der Waals surface area contributed by atoms with Crippen LogP contribution in [0.3, 0.4) is 0 Å². The van der Waals surface area contributed by atoms with Gasteiger partial charge in [0.1, 0.15) is 11.5 Å². The van der Waals surface area contributed by atoms with E-state index < -0.39 is 11.7 Å². The van der Waals surface area contributed by atoms with Crippen molar-refractivity contribution in [1.29, 1.82) is 0 Å². The van der Waals surface area contributed by atoms with E-state index in [4.69, 9.17) is 5.73 Å². The molecule has 4 aromatic rings. The number of nitrogens with zero attached hydrogens (tertiary/aromatic N) is 4. The first-order chi connectivity index (χ1) is 16.9. The number of fused-ring (bicyclic) bond motifs is 1. The number of aromatic nitrogens is 3. The minimum atomic E-state index is -0.545. The van der Waals surface area contributed by atoms with Gasteiger partial charge < -0.3 is 20.5 Å². The lowest BCUT2D eigenvalue weighted by atomic mass is 10.0. The molecule has 35 heavy (non-hydrogen) atoms. The van der Waals surface area contributed by atoms with E-state index in [-0.39, 0.29) is 6.04 Å². The molecule has 1 fully saturated rings. The predicted molar refractivity (Wildman–Crippen MR) is 136 cm³/mol. The van der Waals surface area contributed by atoms with Gasteiger partial charge in [0.2, 0.25) is 0 Å². The Hall–Kier alpha value is -4.46. The molecule has 1 aromatic carbocycles. The highest BCUT2D eigenvalue weighted by atomic mass is 16.2. The Kier molecular flexibility index (Phi) is 5.78. The summed E-state index contributed by atoms with van der Waals surface area (Å²) in [6, 6.07) is 16.9. The highest BCUT2D eigenvalue weighted by molar-refractivity contribution is 6.45. The molecule has 0 spiro atoms. The maximum atomic E-state index is 13.3. The van der Waals surface area contributed by atoms with Gasteiger partial charge in [-0.05, 0) is 30.7 Å². The largest absolute Gasteiger partial charge is 0.384 e. The van der Waals surface area contributed by atoms with Gasteiger partial charge in [-0.25, -0.2) is 4.98 Å². The standard InChI is InChI=1S/C27H26N6O2/c1-17-16-32(18(2)19-7-4-3-5-8-19)13-14-33(17)27(35)26(34)21-15-30-24-20(21)11-12-29-25(24)22-9-6-10-23(28)31-22/h3-12,15,17,30H,2,13-14,16H2,1H3,(H2,28,31)/t17-/m1/s1. The molecule has 1 atom stereocenters. The van der Waals surface area contributed by atoms with Gasteiger partial charge in [0.25, 0.3) is 11.7 Å². The van der Waals surface area contributed by atoms with Crippen LogP contribution in [0.25, 0.3) is 28.0 Å². The lowest BCUT2D eigenvalue weighted by molar-refractivity contribution is -0.130. The first kappa shape index (κ1) is 22.3. The summed E-state index contributed by atoms with van der Waals surface area (Å²) in [6.07, 6.45) is 3.18. The van der Waals surface area contributed by atoms with Crippen LogP contribution in [0.15, 0.2) is 73.6 Å². The number of piperazine rings is 1. The highest BCUT2D eigenvalue weighted by Crippen LogP contribution is 2.28. The molecule has 8 heteroatoms. The van der Waals surface area contributed by atoms with E-state index in [9.17, 15) is 9.59 Å². The van der Waals surface area contributed by atoms with Crippen molar-refractivity contribution in [2.24, 2.45) is 0 Å². The number of pyridine rings is 2. The molecule has 0 unspecified atom stereocenters. The third kappa shape index (κ3) is 4.14. The molecular weight excluding hydrogens is 440 g/mol. The maximum absolute atomic E-state index is 13.3. The van der Waals surface area contributed by atoms with Crippen LogP contribution < -0.4 is 5.73 Å². The van der Waals surface area contributed by atoms with E-state index in [1.54, 1.807) is 41.6 Å². The smallest absolute Gasteiger partial charge is 0.295 e. The van der Waals surface area contributed by atoms with Gasteiger partial charge in [-0.3, -0.25) is 14.6 Å². The predicted octanol–water partition coefficient (Wildman–Crippen LogP) is 3.59. The monoisotopic (exact) mass is 466 g/mol. The second-order valence-electron chi connectivity index (χ2n) is 8.67. The molecule has 1 aliphatic rings. The SMILES string of the molecule is C=C(c1ccccc1)N1CCN(C(=O)C(=O)c2c[nH]c3c(-c4cccc(N)n4)nccc23)[C@H](C)C1. The summed E-state index contributed by atoms with van der Waals surface area (Å²) in [6.45, 7) is 7.85. The van der Waals surface area contributed by atoms with Crippen molar-refractivity contribution in [2.45, 2.75) is 13.0 Å². The molecule has 0 saturated carbocycles. The number of anilines is 1. The molecular formula is C27H26N6O2. The Labute approximate surface area is 203 Å². The number of carbonyl (C=O) groups is 2. The van der Waals surface area contributed by atoms with Crippen LogP contribution in [-0.2, 0) is 4.79 Å². The Morgan fingerprint density at radius 2 is 1.89 bits per heavy atom. The van der Waals surface area contributed by atoms with Crippen LogP contribution in [0.5, 0.6) is 0 Å². The minimum absolute atomic E-state index is 0.139. The van der Waals surface area contributed by atoms with Crippen LogP contribution in [0.1, 0.15) is 22.8 Å². The quantitative estimate of drug-likeness (QED) is 0.344. The number of rotatable bonds is 5. The second-order valence-corrected chi connectivity index (χ2v) is 8.67. The molecule has 3 N–H and O–H groups in total. The zero-order valence-corrected chi connectivity index (χ0v) is 19.4. The van der Waals surface area contributed by atoms with Crippen molar-refractivity contribution in [3.05, 3.63) is 84.7 Å². The van der Waals surface area contributed by atoms with Crippen molar-refractivity contribution >= 4 is 34.1 Å². The topological polar surface area (TPSA) is 108 Å². The molecule has 0 bridgehead atoms. The van der Waals surface area contributed by atoms with Gasteiger partial charge >= 0.3 is 0 Å². The first-order valence-electron chi connectivity index (χ1n) is 11.5. The van der Waals surface area contributed by atoms with E-state index in [2.05, 4.69) is 26.4 Å². The number of hydrogen-bond acceptors (Lipinski definition) is 6. The van der Waals surface area contributed by atoms with Crippen molar-refractivity contribution in [1.82, 2.24) is 24.8 Å². The van der Waals surface area contributed by atoms with Crippen molar-refractivity contribution < 1.29 is 9.59 Å². The molecule has 5 rings (SSSR count). The Bertz CT molecular complexity index is 1430. The molecule has 8 nitrogen and oxygen atoms in total. The molecule has 0 radical (unpaired) electrons. The zero-order valence-electron chi connectivity index (χ0n) is 19.4. The fourth-order valence-electron chi connectivity index (χ4n) is 4.58. The lowest BCUT2D eigenvalue weighted by Crippen LogP contribution is -2.54. The van der Waals surface area contributed by atoms with Crippen LogP contribution in [0.2, 0.25) is 0 Å². The molecule has 0 aliphatic carbocycles. The fourth-order valence-corrected chi connectivity index (χ4v) is 4.58. The average molecular weight is 467 g/mol. The van der Waals surface area contributed by atoms with E-state index in [1.807, 2.05) is 37.3 Å². The number of nitrogens with two attached hydrogens (primary N) is 1. The number of ketones is 1. The normalized spacial score (nSPS) is 15.9. The number of carbonyl (C=O) groups excluding carboxylic acids is 2. The summed E-state index contributed by atoms with van der Waals surface area (Å²) in [5.74, 6) is -0.678. The average Bonchev–Trinajstić information content (AvgIpc) is 3.32. The van der Waals surface area contributed by atoms with Gasteiger partial charge in [-0.2, -0.15) is 0 Å². The molecule has 1 saturated heterocycles. The van der Waals surface area contributed by atoms with Crippen molar-refractivity contribution in [2.75, 3.05) is 25.4 Å². The Morgan fingerprint density at radius 3 is 2.63 bits per heavy atom. The number of hydrogen-bond donors (Lipinski definition) is 2. The van der Waals surface area contributed by atoms with Crippen LogP contribution in [0, 0.1) is 0 Å². The summed E-state index contributed by atoms with van der Waals surface area (Å²) in [4.78, 5) is 42.3. The third-order valence-electron chi connectivity index (χ3n) is 6.43. The van der Waals surface area contributed by atoms with E-state index in [1.165, 1.54) is 0 Å². The highest BCUT2D eigenvalue weighted by Gasteiger charge is 2.33. The zero-order chi connectivity index (χ0) is 24.5. The number of aromatic amines is 1. The van der Waals surface area contributed by atoms with Gasteiger partial charge in [0, 0.05) is 49.2 Å². The Morgan fingerprint density at radius 1 is 1.09 bits per heavy atom. The summed E-state index contributed by atoms with van der Waals surface area (Å²) >= 11 is 0. The van der Waals surface area contributed by atoms with Crippen LogP contribution >= 0.6 is 0 Å². The summed E-state index contributed by atoms with van der Waals surface area (Å²) in [5.41, 5.74) is 9.92. The summed E-state index contributed by atoms with van der Waals surface area (Å²) in [5, 5.41) is 0.626. The van der Waals surface area contributed by atoms with E-state index in [0.717, 1.165) is 11.3 Å². The van der Waals surface area contributed by atoms with Crippen LogP contribution in [0.4, 0.5) is 5.82 Å². The van der Waals surface area contributed by atoms with Gasteiger partial charge in [-0.15, -0.1) is 0 Å². The minimum Gasteiger partial charge on any atom is -0.384 e. The molecule has 3 aromatic heterocycles. The van der Waals surface area contributed by atoms with Crippen molar-refractivity contribution in [3.63, 3.8) is 0 Å². The van der Waals surface area contributed by atoms with Gasteiger partial charge in [0.05, 0.1) is 16.8 Å². The van der Waals surface area contributed by atoms with E-state index in [0.29, 0.717) is 53.3 Å². The van der Waals surface area contributed by atoms with Crippen molar-refractivity contribution in [3.8, 4) is 11.4 Å². The molecule has 1 aliphatic heterocycles. The van der Waals surface area contributed by atoms with Gasteiger partial charge in [-0.1, -0.05) is 43.0 Å². The fraction of sp³-hybridized carbons (Fsp3) is 0.185. The number of nitrogens with one attached hydrogen (secondary N) is 1. The van der Waals surface area contributed by atoms with Crippen LogP contribution in [-0.4, -0.2) is 62.1 Å². The lowest BCUT2D eigenvalue weighted by Gasteiger charge is -2.41. The second kappa shape index (κ2) is 9.06. The Balaban J connectivity index is 1.36. The molecule has 4 heterocycles. The van der Waals surface area contributed by atoms with Gasteiger partial charge in [0.15, 0.2) is 0 Å². The van der Waals surface area contributed by atoms with E-state index >= 15 is 0 Å². The third-order valence-corrected chi connectivity index (χ3v) is 6.43. The number of H-pyrrole nitrogens is 1. The first-order valence-corrected chi connectivity index (χ1v) is 11.5. The number of amides is 1. The summed E-state index contributed by atoms with van der Waals surface area (Å²) < 4.78 is 0. The molecule has 176 valence electrons. The maximum Gasteiger partial charge on any atom is 0.295 e. The number of nitrogen functional groups attached to an aromatic ring is 1. The number of Topliss-reactive ketones (excluding diaryl/α,β-unsaturated/α-hetero) is 1. The number of benzene rings is 1. The molecule has 1 amide bonds. The summed E-state index contributed by atoms with van der Waals surface area (Å²) in [7, 11) is 0.